The zero-order valence-corrected chi connectivity index (χ0v) is 7.35. The van der Waals surface area contributed by atoms with Crippen LogP contribution in [0.1, 0.15) is 6.92 Å². The van der Waals surface area contributed by atoms with Crippen LogP contribution in [-0.4, -0.2) is 22.4 Å². The van der Waals surface area contributed by atoms with Gasteiger partial charge in [0.25, 0.3) is 0 Å². The number of nitrogens with zero attached hydrogens (tertiary/aromatic N) is 3. The Hall–Kier alpha value is -0.910. The summed E-state index contributed by atoms with van der Waals surface area (Å²) in [7, 11) is 0. The van der Waals surface area contributed by atoms with Gasteiger partial charge in [-0.1, -0.05) is 5.01 Å². The van der Waals surface area contributed by atoms with Crippen LogP contribution >= 0.6 is 15.9 Å². The summed E-state index contributed by atoms with van der Waals surface area (Å²) in [5.41, 5.74) is 0. The summed E-state index contributed by atoms with van der Waals surface area (Å²) in [4.78, 5) is 14.2. The van der Waals surface area contributed by atoms with Crippen LogP contribution in [0, 0.1) is 10.1 Å². The number of hydrazine groups is 1. The van der Waals surface area contributed by atoms with Crippen molar-refractivity contribution in [3.63, 3.8) is 0 Å². The molecular formula is C5H6BrN3O2. The number of nitro groups is 1. The minimum Gasteiger partial charge on any atom is -0.261 e. The molecule has 1 heterocycles. The van der Waals surface area contributed by atoms with E-state index in [2.05, 4.69) is 20.9 Å². The third-order valence-electron chi connectivity index (χ3n) is 1.24. The van der Waals surface area contributed by atoms with E-state index >= 15 is 0 Å². The highest BCUT2D eigenvalue weighted by Gasteiger charge is 2.21. The van der Waals surface area contributed by atoms with Gasteiger partial charge < -0.3 is 0 Å². The monoisotopic (exact) mass is 219 g/mol. The number of rotatable bonds is 1. The molecule has 0 spiro atoms. The van der Waals surface area contributed by atoms with Gasteiger partial charge in [0.2, 0.25) is 0 Å². The van der Waals surface area contributed by atoms with Crippen molar-refractivity contribution in [2.75, 3.05) is 0 Å². The standard InChI is InChI=1S/C5H6BrN3O2/c1-4-7-2-5(6)3-8(4)9(10)11/h2-4H,1H3/t4-/m0/s1. The number of hydrogen-bond donors (Lipinski definition) is 0. The lowest BCUT2D eigenvalue weighted by atomic mass is 10.5. The molecule has 1 aliphatic heterocycles. The molecule has 11 heavy (non-hydrogen) atoms. The van der Waals surface area contributed by atoms with Crippen molar-refractivity contribution in [1.29, 1.82) is 0 Å². The molecule has 0 N–H and O–H groups in total. The van der Waals surface area contributed by atoms with Crippen LogP contribution in [0.2, 0.25) is 0 Å². The van der Waals surface area contributed by atoms with Crippen molar-refractivity contribution in [2.45, 2.75) is 13.1 Å². The Labute approximate surface area is 71.6 Å². The molecule has 60 valence electrons. The van der Waals surface area contributed by atoms with Gasteiger partial charge in [-0.2, -0.15) is 0 Å². The van der Waals surface area contributed by atoms with Crippen LogP contribution in [-0.2, 0) is 0 Å². The van der Waals surface area contributed by atoms with Crippen LogP contribution in [0.15, 0.2) is 15.7 Å². The maximum absolute atomic E-state index is 10.3. The summed E-state index contributed by atoms with van der Waals surface area (Å²) >= 11 is 3.09. The van der Waals surface area contributed by atoms with E-state index in [4.69, 9.17) is 0 Å². The first-order valence-electron chi connectivity index (χ1n) is 2.94. The fourth-order valence-corrected chi connectivity index (χ4v) is 1.03. The van der Waals surface area contributed by atoms with Crippen LogP contribution in [0.4, 0.5) is 0 Å². The minimum absolute atomic E-state index is 0.425. The quantitative estimate of drug-likeness (QED) is 0.491. The molecule has 0 fully saturated rings. The molecule has 0 aliphatic carbocycles. The topological polar surface area (TPSA) is 58.7 Å². The molecule has 0 aromatic heterocycles. The summed E-state index contributed by atoms with van der Waals surface area (Å²) < 4.78 is 0.604. The smallest absolute Gasteiger partial charge is 0.181 e. The second kappa shape index (κ2) is 3.00. The SMILES string of the molecule is C[C@H]1N=CC(Br)=CN1[N+](=O)[O-]. The maximum Gasteiger partial charge on any atom is 0.181 e. The van der Waals surface area contributed by atoms with E-state index in [1.165, 1.54) is 6.20 Å². The zero-order chi connectivity index (χ0) is 8.43. The largest absolute Gasteiger partial charge is 0.261 e. The molecule has 0 unspecified atom stereocenters. The highest BCUT2D eigenvalue weighted by atomic mass is 79.9. The van der Waals surface area contributed by atoms with Gasteiger partial charge in [0.15, 0.2) is 11.2 Å². The number of allylic oxidation sites excluding steroid dienone is 1. The van der Waals surface area contributed by atoms with Gasteiger partial charge >= 0.3 is 0 Å². The van der Waals surface area contributed by atoms with Gasteiger partial charge in [-0.15, -0.1) is 0 Å². The van der Waals surface area contributed by atoms with Gasteiger partial charge in [0.1, 0.15) is 0 Å². The van der Waals surface area contributed by atoms with Crippen LogP contribution < -0.4 is 0 Å². The van der Waals surface area contributed by atoms with Crippen molar-refractivity contribution in [3.05, 3.63) is 20.8 Å². The highest BCUT2D eigenvalue weighted by molar-refractivity contribution is 9.12. The molecular weight excluding hydrogens is 214 g/mol. The molecule has 0 aromatic rings. The summed E-state index contributed by atoms with van der Waals surface area (Å²) in [6, 6.07) is 0. The van der Waals surface area contributed by atoms with E-state index in [9.17, 15) is 10.1 Å². The van der Waals surface area contributed by atoms with E-state index in [1.54, 1.807) is 13.1 Å². The fraction of sp³-hybridized carbons (Fsp3) is 0.400. The molecule has 0 amide bonds. The Morgan fingerprint density at radius 2 is 2.55 bits per heavy atom. The van der Waals surface area contributed by atoms with Gasteiger partial charge in [-0.05, 0) is 22.9 Å². The first kappa shape index (κ1) is 8.19. The Balaban J connectivity index is 2.81. The molecule has 0 bridgehead atoms. The van der Waals surface area contributed by atoms with Crippen molar-refractivity contribution in [2.24, 2.45) is 4.99 Å². The molecule has 0 saturated heterocycles. The van der Waals surface area contributed by atoms with Gasteiger partial charge in [0, 0.05) is 6.21 Å². The van der Waals surface area contributed by atoms with E-state index in [1.807, 2.05) is 0 Å². The van der Waals surface area contributed by atoms with Crippen molar-refractivity contribution >= 4 is 22.1 Å². The van der Waals surface area contributed by atoms with Crippen molar-refractivity contribution in [1.82, 2.24) is 5.01 Å². The molecule has 1 aliphatic rings. The van der Waals surface area contributed by atoms with E-state index in [0.717, 1.165) is 5.01 Å². The van der Waals surface area contributed by atoms with Gasteiger partial charge in [-0.3, -0.25) is 4.99 Å². The molecule has 0 radical (unpaired) electrons. The van der Waals surface area contributed by atoms with E-state index in [0.29, 0.717) is 4.48 Å². The predicted octanol–water partition coefficient (Wildman–Crippen LogP) is 1.15. The Bertz CT molecular complexity index is 238. The van der Waals surface area contributed by atoms with Crippen LogP contribution in [0.25, 0.3) is 0 Å². The minimum atomic E-state index is -0.498. The predicted molar refractivity (Wildman–Crippen MR) is 43.8 cm³/mol. The first-order chi connectivity index (χ1) is 5.11. The van der Waals surface area contributed by atoms with Crippen molar-refractivity contribution < 1.29 is 5.03 Å². The van der Waals surface area contributed by atoms with Gasteiger partial charge in [0.05, 0.1) is 10.7 Å². The summed E-state index contributed by atoms with van der Waals surface area (Å²) in [6.07, 6.45) is 2.51. The lowest BCUT2D eigenvalue weighted by molar-refractivity contribution is -0.647. The molecule has 1 rings (SSSR count). The third-order valence-corrected chi connectivity index (χ3v) is 1.65. The van der Waals surface area contributed by atoms with Crippen LogP contribution in [0.5, 0.6) is 0 Å². The highest BCUT2D eigenvalue weighted by Crippen LogP contribution is 2.13. The Morgan fingerprint density at radius 1 is 1.91 bits per heavy atom. The molecule has 1 atom stereocenters. The van der Waals surface area contributed by atoms with Crippen molar-refractivity contribution in [3.8, 4) is 0 Å². The zero-order valence-electron chi connectivity index (χ0n) is 5.77. The first-order valence-corrected chi connectivity index (χ1v) is 3.73. The maximum atomic E-state index is 10.3. The summed E-state index contributed by atoms with van der Waals surface area (Å²) in [5.74, 6) is 0. The molecule has 0 aromatic carbocycles. The average Bonchev–Trinajstić information content (AvgIpc) is 1.94. The number of hydrogen-bond acceptors (Lipinski definition) is 3. The van der Waals surface area contributed by atoms with E-state index < -0.39 is 11.2 Å². The summed E-state index contributed by atoms with van der Waals surface area (Å²) in [6.45, 7) is 1.65. The number of halogens is 1. The van der Waals surface area contributed by atoms with E-state index in [-0.39, 0.29) is 0 Å². The third kappa shape index (κ3) is 1.76. The van der Waals surface area contributed by atoms with Crippen LogP contribution in [0.3, 0.4) is 0 Å². The molecule has 6 heteroatoms. The normalized spacial score (nSPS) is 23.3. The van der Waals surface area contributed by atoms with Gasteiger partial charge in [-0.25, -0.2) is 10.1 Å². The number of aliphatic imine (C=N–C) groups is 1. The second-order valence-electron chi connectivity index (χ2n) is 2.04. The second-order valence-corrected chi connectivity index (χ2v) is 2.96. The Kier molecular flexibility index (Phi) is 2.23. The average molecular weight is 220 g/mol. The molecule has 5 nitrogen and oxygen atoms in total. The summed E-state index contributed by atoms with van der Waals surface area (Å²) in [5, 5.41) is 10.7. The fourth-order valence-electron chi connectivity index (χ4n) is 0.699. The lowest BCUT2D eigenvalue weighted by Gasteiger charge is -2.16. The Morgan fingerprint density at radius 3 is 3.00 bits per heavy atom. The molecule has 0 saturated carbocycles. The lowest BCUT2D eigenvalue weighted by Crippen LogP contribution is -2.34.